The molecule has 0 radical (unpaired) electrons. The van der Waals surface area contributed by atoms with Gasteiger partial charge in [0.15, 0.2) is 0 Å². The van der Waals surface area contributed by atoms with Crippen molar-refractivity contribution in [3.05, 3.63) is 46.8 Å². The second-order valence-corrected chi connectivity index (χ2v) is 3.71. The lowest BCUT2D eigenvalue weighted by Crippen LogP contribution is -1.65. The summed E-state index contributed by atoms with van der Waals surface area (Å²) < 4.78 is 37.0. The van der Waals surface area contributed by atoms with E-state index < -0.39 is 0 Å². The molecule has 1 nitrogen and oxygen atoms in total. The zero-order valence-corrected chi connectivity index (χ0v) is 8.60. The van der Waals surface area contributed by atoms with Gasteiger partial charge >= 0.3 is 0 Å². The molecule has 0 N–H and O–H groups in total. The summed E-state index contributed by atoms with van der Waals surface area (Å²) in [4.78, 5) is 0. The Morgan fingerprint density at radius 2 is 2.00 bits per heavy atom. The molecule has 68 valence electrons. The van der Waals surface area contributed by atoms with Crippen molar-refractivity contribution in [1.82, 2.24) is 0 Å². The van der Waals surface area contributed by atoms with Crippen LogP contribution in [0.5, 0.6) is 0 Å². The second kappa shape index (κ2) is 2.85. The average Bonchev–Trinajstić information content (AvgIpc) is 2.66. The minimum atomic E-state index is 0.0969. The van der Waals surface area contributed by atoms with Gasteiger partial charge in [-0.05, 0) is 24.2 Å². The highest BCUT2D eigenvalue weighted by Crippen LogP contribution is 2.30. The first-order valence-electron chi connectivity index (χ1n) is 6.08. The highest BCUT2D eigenvalue weighted by atomic mass is 79.9. The molecule has 0 saturated heterocycles. The van der Waals surface area contributed by atoms with Gasteiger partial charge in [0.25, 0.3) is 0 Å². The molecule has 1 heterocycles. The van der Waals surface area contributed by atoms with Crippen LogP contribution >= 0.6 is 15.9 Å². The summed E-state index contributed by atoms with van der Waals surface area (Å²) in [5, 5.41) is 1.21. The van der Waals surface area contributed by atoms with Crippen LogP contribution in [0.3, 0.4) is 0 Å². The monoisotopic (exact) mass is 250 g/mol. The van der Waals surface area contributed by atoms with Gasteiger partial charge in [-0.1, -0.05) is 34.1 Å². The first-order chi connectivity index (χ1) is 8.49. The summed E-state index contributed by atoms with van der Waals surface area (Å²) in [7, 11) is 0. The molecule has 3 aromatic rings. The largest absolute Gasteiger partial charge is 0.456 e. The first kappa shape index (κ1) is 4.99. The molecule has 3 rings (SSSR count). The maximum absolute atomic E-state index is 7.92. The fourth-order valence-electron chi connectivity index (χ4n) is 1.45. The molecule has 2 aromatic carbocycles. The van der Waals surface area contributed by atoms with Crippen LogP contribution in [-0.2, 0) is 0 Å². The zero-order valence-electron chi connectivity index (χ0n) is 11.0. The van der Waals surface area contributed by atoms with Crippen LogP contribution in [0.4, 0.5) is 0 Å². The minimum Gasteiger partial charge on any atom is -0.456 e. The van der Waals surface area contributed by atoms with Gasteiger partial charge < -0.3 is 4.42 Å². The number of furan rings is 1. The van der Waals surface area contributed by atoms with E-state index in [-0.39, 0.29) is 24.2 Å². The van der Waals surface area contributed by atoms with Crippen LogP contribution in [-0.4, -0.2) is 0 Å². The summed E-state index contributed by atoms with van der Waals surface area (Å²) in [5.74, 6) is 0. The summed E-state index contributed by atoms with van der Waals surface area (Å²) in [5.41, 5.74) is 0.693. The fraction of sp³-hybridized carbons (Fsp3) is 0. The van der Waals surface area contributed by atoms with Crippen molar-refractivity contribution in [2.24, 2.45) is 0 Å². The van der Waals surface area contributed by atoms with E-state index in [2.05, 4.69) is 15.9 Å². The number of fused-ring (bicyclic) bond motifs is 3. The Bertz CT molecular complexity index is 794. The summed E-state index contributed by atoms with van der Waals surface area (Å²) in [6, 6.07) is 5.20. The molecule has 0 aliphatic heterocycles. The summed E-state index contributed by atoms with van der Waals surface area (Å²) in [6.07, 6.45) is 0. The Labute approximate surface area is 95.1 Å². The number of hydrogen-bond acceptors (Lipinski definition) is 1. The van der Waals surface area contributed by atoms with Gasteiger partial charge in [-0.25, -0.2) is 0 Å². The SMILES string of the molecule is [2H]c1cc([2H])c2oc3c([2H])c(Br)c([2H])cc3c2c1. The number of halogens is 1. The number of benzene rings is 2. The van der Waals surface area contributed by atoms with Crippen molar-refractivity contribution in [3.8, 4) is 0 Å². The van der Waals surface area contributed by atoms with Crippen LogP contribution in [0.25, 0.3) is 21.9 Å². The molecule has 2 heteroatoms. The molecule has 0 aliphatic rings. The van der Waals surface area contributed by atoms with E-state index in [1.54, 1.807) is 12.1 Å². The standard InChI is InChI=1S/C12H7BrO/c13-8-5-6-10-9-3-1-2-4-11(9)14-12(10)7-8/h1-7H/i1D,4D,5D,7D. The Hall–Kier alpha value is -1.28. The van der Waals surface area contributed by atoms with Gasteiger partial charge in [0.2, 0.25) is 0 Å². The van der Waals surface area contributed by atoms with Crippen LogP contribution in [0.15, 0.2) is 51.3 Å². The van der Waals surface area contributed by atoms with Gasteiger partial charge in [0.05, 0.1) is 5.48 Å². The van der Waals surface area contributed by atoms with Crippen molar-refractivity contribution in [3.63, 3.8) is 0 Å². The van der Waals surface area contributed by atoms with Gasteiger partial charge in [-0.15, -0.1) is 0 Å². The number of hydrogen-bond donors (Lipinski definition) is 0. The van der Waals surface area contributed by atoms with E-state index >= 15 is 0 Å². The Kier molecular flexibility index (Phi) is 1.02. The van der Waals surface area contributed by atoms with Crippen molar-refractivity contribution < 1.29 is 9.90 Å². The number of para-hydroxylation sites is 1. The molecule has 0 fully saturated rings. The van der Waals surface area contributed by atoms with Crippen molar-refractivity contribution in [2.75, 3.05) is 0 Å². The quantitative estimate of drug-likeness (QED) is 0.579. The van der Waals surface area contributed by atoms with E-state index in [1.807, 2.05) is 0 Å². The molecule has 1 aromatic heterocycles. The third-order valence-electron chi connectivity index (χ3n) is 2.06. The lowest BCUT2D eigenvalue weighted by atomic mass is 10.2. The molecule has 0 amide bonds. The van der Waals surface area contributed by atoms with Crippen molar-refractivity contribution in [2.45, 2.75) is 0 Å². The lowest BCUT2D eigenvalue weighted by Gasteiger charge is -1.89. The smallest absolute Gasteiger partial charge is 0.136 e. The molecule has 0 aliphatic carbocycles. The Balaban J connectivity index is 2.60. The first-order valence-corrected chi connectivity index (χ1v) is 4.87. The van der Waals surface area contributed by atoms with E-state index in [1.165, 1.54) is 6.07 Å². The van der Waals surface area contributed by atoms with Gasteiger partial charge in [-0.2, -0.15) is 0 Å². The number of rotatable bonds is 0. The molecule has 0 spiro atoms. The molecule has 0 bridgehead atoms. The highest BCUT2D eigenvalue weighted by Gasteiger charge is 2.05. The van der Waals surface area contributed by atoms with Crippen LogP contribution < -0.4 is 0 Å². The molecule has 0 saturated carbocycles. The Morgan fingerprint density at radius 1 is 1.14 bits per heavy atom. The lowest BCUT2D eigenvalue weighted by molar-refractivity contribution is 0.668. The third kappa shape index (κ3) is 1.07. The van der Waals surface area contributed by atoms with E-state index in [4.69, 9.17) is 9.90 Å². The molecular weight excluding hydrogens is 240 g/mol. The molecule has 0 unspecified atom stereocenters. The molecule has 14 heavy (non-hydrogen) atoms. The zero-order chi connectivity index (χ0) is 13.0. The van der Waals surface area contributed by atoms with Crippen LogP contribution in [0.1, 0.15) is 5.48 Å². The predicted molar refractivity (Wildman–Crippen MR) is 61.4 cm³/mol. The van der Waals surface area contributed by atoms with Gasteiger partial charge in [0, 0.05) is 15.2 Å². The van der Waals surface area contributed by atoms with Gasteiger partial charge in [-0.3, -0.25) is 0 Å². The minimum absolute atomic E-state index is 0.0969. The third-order valence-corrected chi connectivity index (χ3v) is 2.49. The molecule has 0 atom stereocenters. The normalized spacial score (nSPS) is 15.2. The average molecular weight is 251 g/mol. The van der Waals surface area contributed by atoms with E-state index in [0.717, 1.165) is 0 Å². The van der Waals surface area contributed by atoms with Crippen LogP contribution in [0.2, 0.25) is 0 Å². The maximum atomic E-state index is 7.92. The van der Waals surface area contributed by atoms with Gasteiger partial charge in [0.1, 0.15) is 11.2 Å². The van der Waals surface area contributed by atoms with E-state index in [9.17, 15) is 0 Å². The predicted octanol–water partition coefficient (Wildman–Crippen LogP) is 4.35. The van der Waals surface area contributed by atoms with Crippen molar-refractivity contribution >= 4 is 37.9 Å². The van der Waals surface area contributed by atoms with E-state index in [0.29, 0.717) is 26.4 Å². The topological polar surface area (TPSA) is 13.1 Å². The van der Waals surface area contributed by atoms with Crippen LogP contribution in [0, 0.1) is 0 Å². The summed E-state index contributed by atoms with van der Waals surface area (Å²) in [6.45, 7) is 0. The molecular formula is C12H7BrO. The second-order valence-electron chi connectivity index (χ2n) is 2.91. The maximum Gasteiger partial charge on any atom is 0.136 e. The fourth-order valence-corrected chi connectivity index (χ4v) is 1.74. The van der Waals surface area contributed by atoms with Crippen molar-refractivity contribution in [1.29, 1.82) is 0 Å². The Morgan fingerprint density at radius 3 is 2.93 bits per heavy atom. The highest BCUT2D eigenvalue weighted by molar-refractivity contribution is 9.10. The summed E-state index contributed by atoms with van der Waals surface area (Å²) >= 11 is 3.17.